The van der Waals surface area contributed by atoms with Crippen LogP contribution in [0.25, 0.3) is 0 Å². The number of anilines is 1. The van der Waals surface area contributed by atoms with Crippen LogP contribution in [0.2, 0.25) is 0 Å². The summed E-state index contributed by atoms with van der Waals surface area (Å²) < 4.78 is 0. The van der Waals surface area contributed by atoms with Crippen LogP contribution in [-0.4, -0.2) is 13.6 Å². The van der Waals surface area contributed by atoms with E-state index in [1.165, 1.54) is 16.8 Å². The van der Waals surface area contributed by atoms with Crippen molar-refractivity contribution >= 4 is 5.69 Å². The lowest BCUT2D eigenvalue weighted by Crippen LogP contribution is -2.17. The molecule has 2 rings (SSSR count). The number of benzene rings is 2. The van der Waals surface area contributed by atoms with E-state index in [1.807, 2.05) is 0 Å². The van der Waals surface area contributed by atoms with Gasteiger partial charge < -0.3 is 4.90 Å². The maximum Gasteiger partial charge on any atom is 0.0399 e. The summed E-state index contributed by atoms with van der Waals surface area (Å²) in [6.45, 7) is 3.21. The van der Waals surface area contributed by atoms with Crippen molar-refractivity contribution in [2.45, 2.75) is 13.3 Å². The lowest BCUT2D eigenvalue weighted by Gasteiger charge is -2.20. The molecule has 17 heavy (non-hydrogen) atoms. The normalized spacial score (nSPS) is 10.2. The molecule has 0 fully saturated rings. The number of nitrogens with zero attached hydrogens (tertiary/aromatic N) is 1. The Kier molecular flexibility index (Phi) is 3.81. The van der Waals surface area contributed by atoms with Crippen LogP contribution in [0.15, 0.2) is 54.6 Å². The Hall–Kier alpha value is -1.76. The Balaban J connectivity index is 2.27. The highest BCUT2D eigenvalue weighted by molar-refractivity contribution is 5.54. The first-order valence-electron chi connectivity index (χ1n) is 6.14. The quantitative estimate of drug-likeness (QED) is 0.766. The Morgan fingerprint density at radius 1 is 0.882 bits per heavy atom. The van der Waals surface area contributed by atoms with Crippen LogP contribution in [0.3, 0.4) is 0 Å². The van der Waals surface area contributed by atoms with Gasteiger partial charge in [-0.2, -0.15) is 0 Å². The number of para-hydroxylation sites is 1. The molecular formula is C16H19N. The molecule has 1 nitrogen and oxygen atoms in total. The Labute approximate surface area is 104 Å². The molecule has 0 bridgehead atoms. The summed E-state index contributed by atoms with van der Waals surface area (Å²) in [6, 6.07) is 19.3. The minimum Gasteiger partial charge on any atom is -0.375 e. The molecular weight excluding hydrogens is 206 g/mol. The maximum absolute atomic E-state index is 2.29. The van der Waals surface area contributed by atoms with Gasteiger partial charge in [0, 0.05) is 19.3 Å². The SMILES string of the molecule is CCN(C)c1ccccc1Cc1ccccc1. The van der Waals surface area contributed by atoms with E-state index in [1.54, 1.807) is 0 Å². The zero-order valence-electron chi connectivity index (χ0n) is 10.6. The third-order valence-corrected chi connectivity index (χ3v) is 3.11. The van der Waals surface area contributed by atoms with Gasteiger partial charge >= 0.3 is 0 Å². The summed E-state index contributed by atoms with van der Waals surface area (Å²) in [5.74, 6) is 0. The average molecular weight is 225 g/mol. The van der Waals surface area contributed by atoms with Crippen LogP contribution in [-0.2, 0) is 6.42 Å². The molecule has 0 amide bonds. The molecule has 0 atom stereocenters. The highest BCUT2D eigenvalue weighted by Crippen LogP contribution is 2.21. The number of rotatable bonds is 4. The third kappa shape index (κ3) is 2.88. The monoisotopic (exact) mass is 225 g/mol. The second-order valence-corrected chi connectivity index (χ2v) is 4.31. The summed E-state index contributed by atoms with van der Waals surface area (Å²) in [4.78, 5) is 2.29. The highest BCUT2D eigenvalue weighted by Gasteiger charge is 2.05. The molecule has 0 spiro atoms. The third-order valence-electron chi connectivity index (χ3n) is 3.11. The summed E-state index contributed by atoms with van der Waals surface area (Å²) in [7, 11) is 2.14. The van der Waals surface area contributed by atoms with Crippen molar-refractivity contribution in [2.75, 3.05) is 18.5 Å². The molecule has 0 heterocycles. The Morgan fingerprint density at radius 2 is 1.53 bits per heavy atom. The molecule has 0 aromatic heterocycles. The van der Waals surface area contributed by atoms with Crippen molar-refractivity contribution in [1.29, 1.82) is 0 Å². The fourth-order valence-electron chi connectivity index (χ4n) is 2.02. The smallest absolute Gasteiger partial charge is 0.0399 e. The predicted octanol–water partition coefficient (Wildman–Crippen LogP) is 3.73. The van der Waals surface area contributed by atoms with E-state index >= 15 is 0 Å². The van der Waals surface area contributed by atoms with E-state index in [-0.39, 0.29) is 0 Å². The van der Waals surface area contributed by atoms with Crippen molar-refractivity contribution in [3.05, 3.63) is 65.7 Å². The van der Waals surface area contributed by atoms with Crippen molar-refractivity contribution < 1.29 is 0 Å². The Bertz CT molecular complexity index is 462. The molecule has 0 unspecified atom stereocenters. The van der Waals surface area contributed by atoms with Crippen molar-refractivity contribution in [3.8, 4) is 0 Å². The molecule has 2 aromatic carbocycles. The molecule has 0 saturated heterocycles. The van der Waals surface area contributed by atoms with Gasteiger partial charge in [-0.3, -0.25) is 0 Å². The summed E-state index contributed by atoms with van der Waals surface area (Å²) >= 11 is 0. The Morgan fingerprint density at radius 3 is 2.24 bits per heavy atom. The fraction of sp³-hybridized carbons (Fsp3) is 0.250. The van der Waals surface area contributed by atoms with Gasteiger partial charge in [0.05, 0.1) is 0 Å². The van der Waals surface area contributed by atoms with E-state index in [2.05, 4.69) is 73.5 Å². The minimum absolute atomic E-state index is 1.00. The molecule has 0 N–H and O–H groups in total. The van der Waals surface area contributed by atoms with Gasteiger partial charge in [-0.1, -0.05) is 48.5 Å². The van der Waals surface area contributed by atoms with Gasteiger partial charge in [0.15, 0.2) is 0 Å². The lowest BCUT2D eigenvalue weighted by atomic mass is 10.0. The highest BCUT2D eigenvalue weighted by atomic mass is 15.1. The standard InChI is InChI=1S/C16H19N/c1-3-17(2)16-12-8-7-11-15(16)13-14-9-5-4-6-10-14/h4-12H,3,13H2,1-2H3. The van der Waals surface area contributed by atoms with Gasteiger partial charge in [-0.15, -0.1) is 0 Å². The van der Waals surface area contributed by atoms with Gasteiger partial charge in [0.1, 0.15) is 0 Å². The average Bonchev–Trinajstić information content (AvgIpc) is 2.40. The molecule has 2 aromatic rings. The van der Waals surface area contributed by atoms with Crippen molar-refractivity contribution in [3.63, 3.8) is 0 Å². The second-order valence-electron chi connectivity index (χ2n) is 4.31. The van der Waals surface area contributed by atoms with Crippen LogP contribution >= 0.6 is 0 Å². The van der Waals surface area contributed by atoms with Crippen LogP contribution in [0, 0.1) is 0 Å². The van der Waals surface area contributed by atoms with Gasteiger partial charge in [-0.25, -0.2) is 0 Å². The van der Waals surface area contributed by atoms with E-state index in [9.17, 15) is 0 Å². The first-order valence-corrected chi connectivity index (χ1v) is 6.14. The van der Waals surface area contributed by atoms with Gasteiger partial charge in [0.25, 0.3) is 0 Å². The van der Waals surface area contributed by atoms with Crippen LogP contribution in [0.1, 0.15) is 18.1 Å². The van der Waals surface area contributed by atoms with Crippen molar-refractivity contribution in [2.24, 2.45) is 0 Å². The lowest BCUT2D eigenvalue weighted by molar-refractivity contribution is 0.953. The first-order chi connectivity index (χ1) is 8.31. The van der Waals surface area contributed by atoms with Crippen LogP contribution < -0.4 is 4.90 Å². The molecule has 0 saturated carbocycles. The first kappa shape index (κ1) is 11.7. The molecule has 0 radical (unpaired) electrons. The topological polar surface area (TPSA) is 3.24 Å². The molecule has 88 valence electrons. The molecule has 1 heteroatoms. The molecule has 0 aliphatic heterocycles. The summed E-state index contributed by atoms with van der Waals surface area (Å²) in [5, 5.41) is 0. The van der Waals surface area contributed by atoms with Gasteiger partial charge in [0.2, 0.25) is 0 Å². The zero-order valence-corrected chi connectivity index (χ0v) is 10.6. The van der Waals surface area contributed by atoms with Crippen molar-refractivity contribution in [1.82, 2.24) is 0 Å². The van der Waals surface area contributed by atoms with E-state index in [4.69, 9.17) is 0 Å². The molecule has 0 aliphatic carbocycles. The zero-order chi connectivity index (χ0) is 12.1. The van der Waals surface area contributed by atoms with E-state index in [0.717, 1.165) is 13.0 Å². The van der Waals surface area contributed by atoms with Gasteiger partial charge in [-0.05, 0) is 30.5 Å². The predicted molar refractivity (Wildman–Crippen MR) is 74.6 cm³/mol. The van der Waals surface area contributed by atoms with Crippen LogP contribution in [0.5, 0.6) is 0 Å². The maximum atomic E-state index is 2.29. The largest absolute Gasteiger partial charge is 0.375 e. The van der Waals surface area contributed by atoms with E-state index < -0.39 is 0 Å². The minimum atomic E-state index is 1.00. The summed E-state index contributed by atoms with van der Waals surface area (Å²) in [6.07, 6.45) is 1.00. The van der Waals surface area contributed by atoms with E-state index in [0.29, 0.717) is 0 Å². The number of hydrogen-bond donors (Lipinski definition) is 0. The number of hydrogen-bond acceptors (Lipinski definition) is 1. The second kappa shape index (κ2) is 5.53. The summed E-state index contributed by atoms with van der Waals surface area (Å²) in [5.41, 5.74) is 4.09. The van der Waals surface area contributed by atoms with Crippen LogP contribution in [0.4, 0.5) is 5.69 Å². The molecule has 0 aliphatic rings. The fourth-order valence-corrected chi connectivity index (χ4v) is 2.02.